The molecule has 0 saturated heterocycles. The molecule has 0 bridgehead atoms. The fourth-order valence-electron chi connectivity index (χ4n) is 3.18. The molecule has 0 spiro atoms. The van der Waals surface area contributed by atoms with Crippen LogP contribution in [0.3, 0.4) is 0 Å². The fourth-order valence-corrected chi connectivity index (χ4v) is 3.18. The Morgan fingerprint density at radius 1 is 1.21 bits per heavy atom. The second-order valence-electron chi connectivity index (χ2n) is 6.82. The minimum atomic E-state index is -0.778. The van der Waals surface area contributed by atoms with Crippen molar-refractivity contribution in [1.82, 2.24) is 9.78 Å². The lowest BCUT2D eigenvalue weighted by Crippen LogP contribution is -2.33. The largest absolute Gasteiger partial charge is 0.463 e. The molecule has 3 rings (SSSR count). The first kappa shape index (κ1) is 20.4. The molecule has 0 radical (unpaired) electrons. The van der Waals surface area contributed by atoms with Gasteiger partial charge in [-0.05, 0) is 69.7 Å². The summed E-state index contributed by atoms with van der Waals surface area (Å²) in [7, 11) is 0. The Labute approximate surface area is 170 Å². The van der Waals surface area contributed by atoms with Gasteiger partial charge in [-0.3, -0.25) is 9.59 Å². The van der Waals surface area contributed by atoms with Crippen LogP contribution >= 0.6 is 0 Å². The number of carbonyl (C=O) groups is 1. The Morgan fingerprint density at radius 2 is 1.97 bits per heavy atom. The van der Waals surface area contributed by atoms with Gasteiger partial charge in [0, 0.05) is 30.5 Å². The van der Waals surface area contributed by atoms with Crippen LogP contribution in [0.2, 0.25) is 0 Å². The highest BCUT2D eigenvalue weighted by Gasteiger charge is 2.19. The zero-order valence-corrected chi connectivity index (χ0v) is 17.2. The highest BCUT2D eigenvalue weighted by molar-refractivity contribution is 5.94. The Bertz CT molecular complexity index is 1040. The van der Waals surface area contributed by atoms with E-state index in [1.807, 2.05) is 19.1 Å². The Hall–Kier alpha value is -3.35. The third-order valence-corrected chi connectivity index (χ3v) is 4.94. The number of nitrogens with one attached hydrogen (secondary N) is 1. The van der Waals surface area contributed by atoms with E-state index in [0.29, 0.717) is 17.1 Å². The maximum absolute atomic E-state index is 12.8. The molecule has 29 heavy (non-hydrogen) atoms. The van der Waals surface area contributed by atoms with Crippen molar-refractivity contribution >= 4 is 17.3 Å². The number of nitrogens with zero attached hydrogens (tertiary/aromatic N) is 3. The summed E-state index contributed by atoms with van der Waals surface area (Å²) in [6, 6.07) is 11.6. The highest BCUT2D eigenvalue weighted by Crippen LogP contribution is 2.23. The van der Waals surface area contributed by atoms with Crippen LogP contribution in [0.15, 0.2) is 57.9 Å². The number of aromatic nitrogens is 2. The lowest BCUT2D eigenvalue weighted by molar-refractivity contribution is -0.119. The van der Waals surface area contributed by atoms with Crippen LogP contribution in [0.25, 0.3) is 11.5 Å². The van der Waals surface area contributed by atoms with E-state index in [2.05, 4.69) is 35.2 Å². The molecule has 2 heterocycles. The van der Waals surface area contributed by atoms with Gasteiger partial charge in [0.1, 0.15) is 11.7 Å². The standard InChI is InChI=1S/C22H26N4O3/c1-5-25(6-2)17-9-10-18(15(3)14-17)23-22(28)16(4)26-21(27)12-11-19(24-26)20-8-7-13-29-20/h7-14,16H,5-6H2,1-4H3,(H,23,28). The van der Waals surface area contributed by atoms with Gasteiger partial charge in [-0.15, -0.1) is 0 Å². The fraction of sp³-hybridized carbons (Fsp3) is 0.318. The SMILES string of the molecule is CCN(CC)c1ccc(NC(=O)C(C)n2nc(-c3ccco3)ccc2=O)c(C)c1. The monoisotopic (exact) mass is 394 g/mol. The Balaban J connectivity index is 1.81. The summed E-state index contributed by atoms with van der Waals surface area (Å²) in [6.07, 6.45) is 1.53. The summed E-state index contributed by atoms with van der Waals surface area (Å²) in [5.41, 5.74) is 2.93. The molecule has 7 heteroatoms. The van der Waals surface area contributed by atoms with E-state index in [9.17, 15) is 9.59 Å². The van der Waals surface area contributed by atoms with Crippen LogP contribution in [0.1, 0.15) is 32.4 Å². The molecule has 1 atom stereocenters. The quantitative estimate of drug-likeness (QED) is 0.658. The van der Waals surface area contributed by atoms with Crippen LogP contribution in [-0.4, -0.2) is 28.8 Å². The van der Waals surface area contributed by atoms with E-state index >= 15 is 0 Å². The molecule has 1 amide bonds. The van der Waals surface area contributed by atoms with Crippen LogP contribution < -0.4 is 15.8 Å². The molecule has 152 valence electrons. The van der Waals surface area contributed by atoms with Gasteiger partial charge in [0.05, 0.1) is 6.26 Å². The molecule has 1 aromatic carbocycles. The summed E-state index contributed by atoms with van der Waals surface area (Å²) >= 11 is 0. The average Bonchev–Trinajstić information content (AvgIpc) is 3.25. The number of amides is 1. The number of furan rings is 1. The molecule has 3 aromatic rings. The number of hydrogen-bond donors (Lipinski definition) is 1. The summed E-state index contributed by atoms with van der Waals surface area (Å²) in [4.78, 5) is 27.3. The van der Waals surface area contributed by atoms with Gasteiger partial charge in [-0.2, -0.15) is 5.10 Å². The van der Waals surface area contributed by atoms with Gasteiger partial charge in [-0.25, -0.2) is 4.68 Å². The number of hydrogen-bond acceptors (Lipinski definition) is 5. The topological polar surface area (TPSA) is 80.4 Å². The Kier molecular flexibility index (Phi) is 6.16. The maximum Gasteiger partial charge on any atom is 0.267 e. The van der Waals surface area contributed by atoms with Crippen molar-refractivity contribution < 1.29 is 9.21 Å². The second-order valence-corrected chi connectivity index (χ2v) is 6.82. The summed E-state index contributed by atoms with van der Waals surface area (Å²) in [5, 5.41) is 7.21. The van der Waals surface area contributed by atoms with E-state index in [-0.39, 0.29) is 11.5 Å². The van der Waals surface area contributed by atoms with Crippen LogP contribution in [0.5, 0.6) is 0 Å². The Morgan fingerprint density at radius 3 is 2.59 bits per heavy atom. The van der Waals surface area contributed by atoms with Crippen molar-refractivity contribution in [3.05, 3.63) is 64.6 Å². The summed E-state index contributed by atoms with van der Waals surface area (Å²) < 4.78 is 6.51. The molecule has 0 aliphatic carbocycles. The average molecular weight is 394 g/mol. The molecule has 0 fully saturated rings. The molecule has 1 N–H and O–H groups in total. The highest BCUT2D eigenvalue weighted by atomic mass is 16.3. The van der Waals surface area contributed by atoms with Crippen LogP contribution in [-0.2, 0) is 4.79 Å². The van der Waals surface area contributed by atoms with Gasteiger partial charge in [0.25, 0.3) is 5.56 Å². The zero-order chi connectivity index (χ0) is 21.0. The van der Waals surface area contributed by atoms with Crippen LogP contribution in [0.4, 0.5) is 11.4 Å². The van der Waals surface area contributed by atoms with Crippen LogP contribution in [0, 0.1) is 6.92 Å². The summed E-state index contributed by atoms with van der Waals surface area (Å²) in [6.45, 7) is 9.65. The molecule has 1 unspecified atom stereocenters. The first-order valence-corrected chi connectivity index (χ1v) is 9.74. The van der Waals surface area contributed by atoms with Crippen molar-refractivity contribution in [2.24, 2.45) is 0 Å². The third-order valence-electron chi connectivity index (χ3n) is 4.94. The molecule has 0 saturated carbocycles. The van der Waals surface area contributed by atoms with Gasteiger partial charge >= 0.3 is 0 Å². The van der Waals surface area contributed by atoms with Gasteiger partial charge in [-0.1, -0.05) is 0 Å². The first-order valence-electron chi connectivity index (χ1n) is 9.74. The van der Waals surface area contributed by atoms with Gasteiger partial charge in [0.2, 0.25) is 5.91 Å². The predicted octanol–water partition coefficient (Wildman–Crippen LogP) is 3.86. The number of rotatable bonds is 7. The molecule has 2 aromatic heterocycles. The third kappa shape index (κ3) is 4.39. The normalized spacial score (nSPS) is 11.9. The number of carbonyl (C=O) groups excluding carboxylic acids is 1. The molecule has 0 aliphatic rings. The van der Waals surface area contributed by atoms with E-state index in [1.54, 1.807) is 25.1 Å². The van der Waals surface area contributed by atoms with Crippen molar-refractivity contribution in [3.8, 4) is 11.5 Å². The van der Waals surface area contributed by atoms with E-state index in [0.717, 1.165) is 24.3 Å². The molecule has 7 nitrogen and oxygen atoms in total. The zero-order valence-electron chi connectivity index (χ0n) is 17.2. The second kappa shape index (κ2) is 8.77. The number of benzene rings is 1. The number of anilines is 2. The molecular weight excluding hydrogens is 368 g/mol. The van der Waals surface area contributed by atoms with E-state index in [4.69, 9.17) is 4.42 Å². The first-order chi connectivity index (χ1) is 13.9. The summed E-state index contributed by atoms with van der Waals surface area (Å²) in [5.74, 6) is 0.226. The van der Waals surface area contributed by atoms with Gasteiger partial charge < -0.3 is 14.6 Å². The maximum atomic E-state index is 12.8. The van der Waals surface area contributed by atoms with E-state index < -0.39 is 6.04 Å². The molecular formula is C22H26N4O3. The lowest BCUT2D eigenvalue weighted by Gasteiger charge is -2.22. The minimum absolute atomic E-state index is 0.310. The smallest absolute Gasteiger partial charge is 0.267 e. The van der Waals surface area contributed by atoms with Gasteiger partial charge in [0.15, 0.2) is 5.76 Å². The van der Waals surface area contributed by atoms with Crippen molar-refractivity contribution in [3.63, 3.8) is 0 Å². The van der Waals surface area contributed by atoms with Crippen molar-refractivity contribution in [2.75, 3.05) is 23.3 Å². The number of aryl methyl sites for hydroxylation is 1. The lowest BCUT2D eigenvalue weighted by atomic mass is 10.1. The van der Waals surface area contributed by atoms with E-state index in [1.165, 1.54) is 17.0 Å². The minimum Gasteiger partial charge on any atom is -0.463 e. The van der Waals surface area contributed by atoms with Crippen molar-refractivity contribution in [2.45, 2.75) is 33.7 Å². The van der Waals surface area contributed by atoms with Crippen molar-refractivity contribution in [1.29, 1.82) is 0 Å². The predicted molar refractivity (Wildman–Crippen MR) is 114 cm³/mol. The molecule has 0 aliphatic heterocycles.